The molecule has 0 aromatic rings. The minimum Gasteiger partial charge on any atom is -0.481 e. The van der Waals surface area contributed by atoms with Crippen molar-refractivity contribution in [1.82, 2.24) is 5.32 Å². The van der Waals surface area contributed by atoms with Gasteiger partial charge in [-0.25, -0.2) is 0 Å². The van der Waals surface area contributed by atoms with Crippen molar-refractivity contribution in [3.8, 4) is 0 Å². The molecule has 13 nitrogen and oxygen atoms in total. The van der Waals surface area contributed by atoms with Gasteiger partial charge < -0.3 is 42.3 Å². The molecule has 0 fully saturated rings. The summed E-state index contributed by atoms with van der Waals surface area (Å²) in [5, 5.41) is 40.1. The Morgan fingerprint density at radius 2 is 0.667 bits per heavy atom. The zero-order chi connectivity index (χ0) is 23.4. The first kappa shape index (κ1) is 57.1. The number of carboxylic acid groups (broad SMARTS) is 5. The van der Waals surface area contributed by atoms with Crippen LogP contribution in [0.2, 0.25) is 0 Å². The van der Waals surface area contributed by atoms with Crippen molar-refractivity contribution in [1.29, 1.82) is 0 Å². The minimum absolute atomic E-state index is 0. The molecule has 0 amide bonds. The fourth-order valence-electron chi connectivity index (χ4n) is 0.329. The van der Waals surface area contributed by atoms with E-state index < -0.39 is 29.8 Å². The number of carbonyl (C=O) groups is 5. The summed E-state index contributed by atoms with van der Waals surface area (Å²) < 4.78 is 0. The number of rotatable bonds is 4. The maximum absolute atomic E-state index is 9.00. The monoisotopic (exact) mass is 505 g/mol. The number of carboxylic acids is 5. The molecule has 10 N–H and O–H groups in total. The summed E-state index contributed by atoms with van der Waals surface area (Å²) in [4.78, 5) is 45.0. The van der Waals surface area contributed by atoms with Gasteiger partial charge in [0.1, 0.15) is 0 Å². The molecule has 0 heterocycles. The van der Waals surface area contributed by atoms with Crippen molar-refractivity contribution >= 4 is 89.0 Å². The van der Waals surface area contributed by atoms with E-state index in [1.54, 1.807) is 0 Å². The number of hydrogen-bond acceptors (Lipinski definition) is 8. The van der Waals surface area contributed by atoms with Crippen LogP contribution in [0, 0.1) is 0 Å². The molecule has 2 radical (unpaired) electrons. The van der Waals surface area contributed by atoms with E-state index in [2.05, 4.69) is 5.32 Å². The molecular formula is C14H33FeN3Na2O10. The molecule has 0 atom stereocenters. The van der Waals surface area contributed by atoms with Crippen LogP contribution in [0.25, 0.3) is 0 Å². The van der Waals surface area contributed by atoms with E-state index in [0.717, 1.165) is 47.7 Å². The van der Waals surface area contributed by atoms with Crippen LogP contribution in [0.15, 0.2) is 0 Å². The Hall–Kier alpha value is -0.251. The van der Waals surface area contributed by atoms with E-state index in [1.165, 1.54) is 0 Å². The molecule has 0 spiro atoms. The first-order valence-corrected chi connectivity index (χ1v) is 7.16. The molecule has 0 saturated heterocycles. The predicted molar refractivity (Wildman–Crippen MR) is 109 cm³/mol. The van der Waals surface area contributed by atoms with Gasteiger partial charge in [0.25, 0.3) is 29.8 Å². The molecule has 0 aromatic heterocycles. The summed E-state index contributed by atoms with van der Waals surface area (Å²) in [5.74, 6) is -4.17. The maximum Gasteiger partial charge on any atom is 0.300 e. The molecule has 30 heavy (non-hydrogen) atoms. The Kier molecular flexibility index (Phi) is 108. The quantitative estimate of drug-likeness (QED) is 0.155. The van der Waals surface area contributed by atoms with Crippen molar-refractivity contribution in [2.75, 3.05) is 26.2 Å². The second kappa shape index (κ2) is 56.8. The van der Waals surface area contributed by atoms with Gasteiger partial charge in [0.15, 0.2) is 0 Å². The first-order valence-electron chi connectivity index (χ1n) is 7.16. The van der Waals surface area contributed by atoms with Gasteiger partial charge in [-0.1, -0.05) is 0 Å². The number of hydrogen-bond donors (Lipinski definition) is 8. The van der Waals surface area contributed by atoms with Gasteiger partial charge in [-0.05, 0) is 0 Å². The fourth-order valence-corrected chi connectivity index (χ4v) is 0.329. The molecule has 0 aromatic carbocycles. The second-order valence-corrected chi connectivity index (χ2v) is 3.92. The average molecular weight is 505 g/mol. The summed E-state index contributed by atoms with van der Waals surface area (Å²) in [6.45, 7) is 8.55. The molecule has 0 unspecified atom stereocenters. The molecule has 0 aliphatic carbocycles. The van der Waals surface area contributed by atoms with E-state index in [9.17, 15) is 0 Å². The molecule has 174 valence electrons. The Balaban J connectivity index is -0.0000000251. The third kappa shape index (κ3) is 1410. The van der Waals surface area contributed by atoms with Crippen molar-refractivity contribution in [3.05, 3.63) is 0 Å². The molecule has 0 aliphatic rings. The van der Waals surface area contributed by atoms with Crippen molar-refractivity contribution in [2.45, 2.75) is 34.6 Å². The van der Waals surface area contributed by atoms with E-state index >= 15 is 0 Å². The zero-order valence-electron chi connectivity index (χ0n) is 18.6. The van der Waals surface area contributed by atoms with Crippen molar-refractivity contribution in [2.24, 2.45) is 11.5 Å². The summed E-state index contributed by atoms with van der Waals surface area (Å²) in [6.07, 6.45) is 0. The van der Waals surface area contributed by atoms with Crippen LogP contribution in [-0.4, -0.2) is 141 Å². The Morgan fingerprint density at radius 1 is 0.567 bits per heavy atom. The topological polar surface area (TPSA) is 251 Å². The van der Waals surface area contributed by atoms with Crippen molar-refractivity contribution < 1.29 is 66.6 Å². The largest absolute Gasteiger partial charge is 0.481 e. The van der Waals surface area contributed by atoms with Gasteiger partial charge in [-0.3, -0.25) is 24.0 Å². The van der Waals surface area contributed by atoms with Crippen LogP contribution in [0.4, 0.5) is 0 Å². The fraction of sp³-hybridized carbons (Fsp3) is 0.643. The smallest absolute Gasteiger partial charge is 0.300 e. The number of nitrogens with one attached hydrogen (secondary N) is 1. The first-order chi connectivity index (χ1) is 12.1. The summed E-state index contributed by atoms with van der Waals surface area (Å²) >= 11 is 0. The normalized spacial score (nSPS) is 6.37. The third-order valence-corrected chi connectivity index (χ3v) is 0.642. The average Bonchev–Trinajstić information content (AvgIpc) is 2.35. The summed E-state index contributed by atoms with van der Waals surface area (Å²) in [6, 6.07) is 0. The maximum atomic E-state index is 9.00. The third-order valence-electron chi connectivity index (χ3n) is 0.642. The van der Waals surface area contributed by atoms with E-state index in [0.29, 0.717) is 13.1 Å². The Labute approximate surface area is 231 Å². The van der Waals surface area contributed by atoms with Gasteiger partial charge in [0, 0.05) is 137 Å². The Morgan fingerprint density at radius 3 is 0.733 bits per heavy atom. The van der Waals surface area contributed by atoms with Gasteiger partial charge in [0.2, 0.25) is 0 Å². The zero-order valence-corrected chi connectivity index (χ0v) is 23.7. The van der Waals surface area contributed by atoms with Crippen LogP contribution in [-0.2, 0) is 41.0 Å². The molecule has 0 saturated carbocycles. The summed E-state index contributed by atoms with van der Waals surface area (Å²) in [5.41, 5.74) is 10.3. The van der Waals surface area contributed by atoms with Gasteiger partial charge in [0.05, 0.1) is 0 Å². The van der Waals surface area contributed by atoms with Gasteiger partial charge in [-0.15, -0.1) is 0 Å². The van der Waals surface area contributed by atoms with Crippen LogP contribution in [0.1, 0.15) is 34.6 Å². The van der Waals surface area contributed by atoms with Crippen molar-refractivity contribution in [3.63, 3.8) is 0 Å². The Bertz CT molecular complexity index is 299. The molecule has 0 bridgehead atoms. The van der Waals surface area contributed by atoms with Crippen LogP contribution in [0.3, 0.4) is 0 Å². The van der Waals surface area contributed by atoms with E-state index in [4.69, 9.17) is 61.0 Å². The number of nitrogens with two attached hydrogens (primary N) is 2. The molecule has 0 aliphatic heterocycles. The second-order valence-electron chi connectivity index (χ2n) is 3.92. The predicted octanol–water partition coefficient (Wildman–Crippen LogP) is -1.82. The van der Waals surface area contributed by atoms with E-state index in [1.807, 2.05) is 0 Å². The van der Waals surface area contributed by atoms with Crippen LogP contribution >= 0.6 is 0 Å². The van der Waals surface area contributed by atoms with Gasteiger partial charge >= 0.3 is 0 Å². The summed E-state index contributed by atoms with van der Waals surface area (Å²) in [7, 11) is 0. The SMILES string of the molecule is CC(=O)O.CC(=O)O.CC(=O)O.CC(=O)O.CC(=O)O.NCCNCCN.[Fe].[Na].[Na]. The molecular weight excluding hydrogens is 472 g/mol. The van der Waals surface area contributed by atoms with E-state index in [-0.39, 0.29) is 76.2 Å². The molecule has 0 rings (SSSR count). The van der Waals surface area contributed by atoms with Gasteiger partial charge in [-0.2, -0.15) is 0 Å². The number of aliphatic carboxylic acids is 5. The minimum atomic E-state index is -0.833. The molecule has 16 heteroatoms. The standard InChI is InChI=1S/C4H13N3.5C2H4O2.Fe.2Na/c5-1-3-7-4-2-6;5*1-2(3)4;;;/h7H,1-6H2;5*1H3,(H,3,4);;;. The van der Waals surface area contributed by atoms with Crippen LogP contribution in [0.5, 0.6) is 0 Å². The van der Waals surface area contributed by atoms with Crippen LogP contribution < -0.4 is 16.8 Å².